The molecule has 1 unspecified atom stereocenters. The summed E-state index contributed by atoms with van der Waals surface area (Å²) in [5, 5.41) is 16.6. The molecule has 0 amide bonds. The number of nitrogens with zero attached hydrogens (tertiary/aromatic N) is 2. The Morgan fingerprint density at radius 3 is 2.88 bits per heavy atom. The molecule has 1 saturated heterocycles. The highest BCUT2D eigenvalue weighted by molar-refractivity contribution is 5.79. The van der Waals surface area contributed by atoms with Gasteiger partial charge in [-0.05, 0) is 63.9 Å². The van der Waals surface area contributed by atoms with Crippen molar-refractivity contribution in [2.24, 2.45) is 10.9 Å². The summed E-state index contributed by atoms with van der Waals surface area (Å²) in [6.45, 7) is 9.93. The molecule has 1 aromatic heterocycles. The highest BCUT2D eigenvalue weighted by Gasteiger charge is 2.15. The van der Waals surface area contributed by atoms with Crippen LogP contribution in [0.5, 0.6) is 0 Å². The van der Waals surface area contributed by atoms with Gasteiger partial charge in [0.1, 0.15) is 11.9 Å². The van der Waals surface area contributed by atoms with Crippen LogP contribution < -0.4 is 10.6 Å². The van der Waals surface area contributed by atoms with Crippen molar-refractivity contribution >= 4 is 5.96 Å². The zero-order valence-corrected chi connectivity index (χ0v) is 15.0. The van der Waals surface area contributed by atoms with E-state index in [0.717, 1.165) is 37.9 Å². The lowest BCUT2D eigenvalue weighted by molar-refractivity contribution is 0.158. The van der Waals surface area contributed by atoms with E-state index in [0.29, 0.717) is 5.76 Å². The molecule has 1 aliphatic heterocycles. The zero-order valence-electron chi connectivity index (χ0n) is 15.0. The molecule has 0 radical (unpaired) electrons. The van der Waals surface area contributed by atoms with Crippen molar-refractivity contribution in [2.45, 2.75) is 39.2 Å². The third-order valence-electron chi connectivity index (χ3n) is 4.46. The van der Waals surface area contributed by atoms with Crippen LogP contribution in [-0.2, 0) is 0 Å². The standard InChI is InChI=1S/C18H32N4O2/c1-3-19-18(21-14-16(23)17-6-4-13-24-17)20-9-5-10-22-11-7-15(2)8-12-22/h4,6,13,15-16,23H,3,5,7-12,14H2,1-2H3,(H2,19,20,21). The fourth-order valence-electron chi connectivity index (χ4n) is 2.89. The number of nitrogens with one attached hydrogen (secondary N) is 2. The first-order chi connectivity index (χ1) is 11.7. The lowest BCUT2D eigenvalue weighted by atomic mass is 9.99. The molecule has 0 bridgehead atoms. The quantitative estimate of drug-likeness (QED) is 0.385. The minimum absolute atomic E-state index is 0.285. The maximum absolute atomic E-state index is 10.0. The van der Waals surface area contributed by atoms with Crippen LogP contribution >= 0.6 is 0 Å². The lowest BCUT2D eigenvalue weighted by Gasteiger charge is -2.30. The second kappa shape index (κ2) is 10.4. The summed E-state index contributed by atoms with van der Waals surface area (Å²) in [5.41, 5.74) is 0. The van der Waals surface area contributed by atoms with Crippen LogP contribution in [0.3, 0.4) is 0 Å². The average molecular weight is 336 g/mol. The van der Waals surface area contributed by atoms with Crippen molar-refractivity contribution in [2.75, 3.05) is 39.3 Å². The van der Waals surface area contributed by atoms with Crippen LogP contribution in [0.25, 0.3) is 0 Å². The topological polar surface area (TPSA) is 73.0 Å². The number of aliphatic hydroxyl groups is 1. The van der Waals surface area contributed by atoms with Gasteiger partial charge in [-0.2, -0.15) is 0 Å². The van der Waals surface area contributed by atoms with Crippen LogP contribution in [0.1, 0.15) is 45.0 Å². The van der Waals surface area contributed by atoms with Gasteiger partial charge in [-0.3, -0.25) is 4.99 Å². The van der Waals surface area contributed by atoms with Gasteiger partial charge < -0.3 is 25.1 Å². The van der Waals surface area contributed by atoms with E-state index in [4.69, 9.17) is 4.42 Å². The number of guanidine groups is 1. The van der Waals surface area contributed by atoms with Crippen LogP contribution in [0.15, 0.2) is 27.8 Å². The summed E-state index contributed by atoms with van der Waals surface area (Å²) in [6, 6.07) is 3.53. The highest BCUT2D eigenvalue weighted by atomic mass is 16.4. The number of hydrogen-bond acceptors (Lipinski definition) is 4. The first-order valence-electron chi connectivity index (χ1n) is 9.15. The van der Waals surface area contributed by atoms with E-state index in [9.17, 15) is 5.11 Å². The van der Waals surface area contributed by atoms with Gasteiger partial charge >= 0.3 is 0 Å². The van der Waals surface area contributed by atoms with Crippen LogP contribution in [0.2, 0.25) is 0 Å². The minimum Gasteiger partial charge on any atom is -0.467 e. The Bertz CT molecular complexity index is 467. The molecule has 1 fully saturated rings. The summed E-state index contributed by atoms with van der Waals surface area (Å²) in [4.78, 5) is 6.98. The molecule has 1 atom stereocenters. The van der Waals surface area contributed by atoms with Crippen molar-refractivity contribution in [3.63, 3.8) is 0 Å². The van der Waals surface area contributed by atoms with E-state index in [-0.39, 0.29) is 6.54 Å². The fourth-order valence-corrected chi connectivity index (χ4v) is 2.89. The van der Waals surface area contributed by atoms with E-state index < -0.39 is 6.10 Å². The Balaban J connectivity index is 1.67. The molecule has 0 spiro atoms. The summed E-state index contributed by atoms with van der Waals surface area (Å²) < 4.78 is 5.20. The molecule has 6 nitrogen and oxygen atoms in total. The summed E-state index contributed by atoms with van der Waals surface area (Å²) >= 11 is 0. The predicted octanol–water partition coefficient (Wildman–Crippen LogP) is 1.99. The molecule has 1 aromatic rings. The van der Waals surface area contributed by atoms with Gasteiger partial charge in [-0.25, -0.2) is 0 Å². The normalized spacial score (nSPS) is 18.5. The molecule has 2 rings (SSSR count). The maximum Gasteiger partial charge on any atom is 0.191 e. The summed E-state index contributed by atoms with van der Waals surface area (Å²) in [6.07, 6.45) is 4.60. The molecule has 0 aliphatic carbocycles. The number of aliphatic hydroxyl groups excluding tert-OH is 1. The van der Waals surface area contributed by atoms with E-state index in [1.54, 1.807) is 18.4 Å². The number of hydrogen-bond donors (Lipinski definition) is 3. The van der Waals surface area contributed by atoms with Crippen LogP contribution in [-0.4, -0.2) is 55.2 Å². The first-order valence-corrected chi connectivity index (χ1v) is 9.15. The van der Waals surface area contributed by atoms with Crippen LogP contribution in [0.4, 0.5) is 0 Å². The molecule has 6 heteroatoms. The van der Waals surface area contributed by atoms with Gasteiger partial charge in [0.05, 0.1) is 12.8 Å². The van der Waals surface area contributed by atoms with Gasteiger partial charge in [0.2, 0.25) is 0 Å². The highest BCUT2D eigenvalue weighted by Crippen LogP contribution is 2.15. The zero-order chi connectivity index (χ0) is 17.2. The number of furan rings is 1. The number of piperidine rings is 1. The van der Waals surface area contributed by atoms with E-state index >= 15 is 0 Å². The molecule has 0 aromatic carbocycles. The van der Waals surface area contributed by atoms with Gasteiger partial charge in [-0.15, -0.1) is 0 Å². The molecule has 24 heavy (non-hydrogen) atoms. The molecule has 2 heterocycles. The number of aliphatic imine (C=N–C) groups is 1. The Hall–Kier alpha value is -1.53. The van der Waals surface area contributed by atoms with Gasteiger partial charge in [0, 0.05) is 13.1 Å². The van der Waals surface area contributed by atoms with Crippen LogP contribution in [0, 0.1) is 5.92 Å². The minimum atomic E-state index is -0.703. The first kappa shape index (κ1) is 18.8. The predicted molar refractivity (Wildman–Crippen MR) is 97.1 cm³/mol. The number of rotatable bonds is 8. The Morgan fingerprint density at radius 1 is 1.42 bits per heavy atom. The Labute approximate surface area is 145 Å². The SMILES string of the molecule is CCNC(=NCC(O)c1ccco1)NCCCN1CCC(C)CC1. The van der Waals surface area contributed by atoms with Crippen molar-refractivity contribution in [3.8, 4) is 0 Å². The van der Waals surface area contributed by atoms with Gasteiger partial charge in [-0.1, -0.05) is 6.92 Å². The van der Waals surface area contributed by atoms with Crippen molar-refractivity contribution in [3.05, 3.63) is 24.2 Å². The Morgan fingerprint density at radius 2 is 2.21 bits per heavy atom. The molecule has 1 aliphatic rings. The average Bonchev–Trinajstić information content (AvgIpc) is 3.12. The molecule has 3 N–H and O–H groups in total. The second-order valence-corrected chi connectivity index (χ2v) is 6.56. The summed E-state index contributed by atoms with van der Waals surface area (Å²) in [5.74, 6) is 2.18. The summed E-state index contributed by atoms with van der Waals surface area (Å²) in [7, 11) is 0. The molecule has 0 saturated carbocycles. The second-order valence-electron chi connectivity index (χ2n) is 6.56. The third-order valence-corrected chi connectivity index (χ3v) is 4.46. The maximum atomic E-state index is 10.0. The molecule has 136 valence electrons. The van der Waals surface area contributed by atoms with E-state index in [1.165, 1.54) is 25.9 Å². The smallest absolute Gasteiger partial charge is 0.191 e. The van der Waals surface area contributed by atoms with Gasteiger partial charge in [0.15, 0.2) is 5.96 Å². The third kappa shape index (κ3) is 6.53. The molecular weight excluding hydrogens is 304 g/mol. The Kier molecular flexibility index (Phi) is 8.12. The van der Waals surface area contributed by atoms with E-state index in [1.807, 2.05) is 6.92 Å². The molecular formula is C18H32N4O2. The van der Waals surface area contributed by atoms with E-state index in [2.05, 4.69) is 27.4 Å². The van der Waals surface area contributed by atoms with Gasteiger partial charge in [0.25, 0.3) is 0 Å². The van der Waals surface area contributed by atoms with Crippen molar-refractivity contribution in [1.82, 2.24) is 15.5 Å². The largest absolute Gasteiger partial charge is 0.467 e. The van der Waals surface area contributed by atoms with Crippen molar-refractivity contribution < 1.29 is 9.52 Å². The fraction of sp³-hybridized carbons (Fsp3) is 0.722. The monoisotopic (exact) mass is 336 g/mol. The van der Waals surface area contributed by atoms with Crippen molar-refractivity contribution in [1.29, 1.82) is 0 Å². The number of likely N-dealkylation sites (tertiary alicyclic amines) is 1. The lowest BCUT2D eigenvalue weighted by Crippen LogP contribution is -2.40.